The zero-order chi connectivity index (χ0) is 40.3. The van der Waals surface area contributed by atoms with E-state index in [1.165, 1.54) is 72.3 Å². The summed E-state index contributed by atoms with van der Waals surface area (Å²) in [7, 11) is 0. The van der Waals surface area contributed by atoms with Gasteiger partial charge in [-0.25, -0.2) is 9.97 Å². The van der Waals surface area contributed by atoms with E-state index in [9.17, 15) is 0 Å². The molecule has 1 spiro atoms. The molecule has 0 amide bonds. The molecular weight excluding hydrogens is 737 g/mol. The van der Waals surface area contributed by atoms with Gasteiger partial charge < -0.3 is 0 Å². The maximum Gasteiger partial charge on any atom is 0.160 e. The van der Waals surface area contributed by atoms with Crippen molar-refractivity contribution in [2.45, 2.75) is 5.41 Å². The minimum Gasteiger partial charge on any atom is -0.228 e. The maximum absolute atomic E-state index is 5.12. The lowest BCUT2D eigenvalue weighted by Crippen LogP contribution is -2.25. The van der Waals surface area contributed by atoms with Gasteiger partial charge in [0.25, 0.3) is 0 Å². The van der Waals surface area contributed by atoms with E-state index in [4.69, 9.17) is 9.97 Å². The van der Waals surface area contributed by atoms with E-state index in [1.807, 2.05) is 24.3 Å². The second-order valence-electron chi connectivity index (χ2n) is 16.0. The molecule has 0 saturated heterocycles. The first-order chi connectivity index (χ1) is 30.2. The average molecular weight is 775 g/mol. The van der Waals surface area contributed by atoms with Crippen molar-refractivity contribution >= 4 is 0 Å². The maximum atomic E-state index is 5.12. The summed E-state index contributed by atoms with van der Waals surface area (Å²) in [5.41, 5.74) is 22.4. The highest BCUT2D eigenvalue weighted by Gasteiger charge is 2.51. The third-order valence-electron chi connectivity index (χ3n) is 12.8. The lowest BCUT2D eigenvalue weighted by Gasteiger charge is -2.30. The first kappa shape index (κ1) is 35.0. The summed E-state index contributed by atoms with van der Waals surface area (Å²) in [4.78, 5) is 10.2. The molecule has 61 heavy (non-hydrogen) atoms. The molecule has 1 heterocycles. The third-order valence-corrected chi connectivity index (χ3v) is 12.8. The van der Waals surface area contributed by atoms with Gasteiger partial charge in [-0.15, -0.1) is 0 Å². The molecular formula is C59H38N2. The molecule has 0 aliphatic heterocycles. The van der Waals surface area contributed by atoms with Crippen LogP contribution in [0.4, 0.5) is 0 Å². The van der Waals surface area contributed by atoms with Crippen molar-refractivity contribution in [1.82, 2.24) is 9.97 Å². The monoisotopic (exact) mass is 774 g/mol. The fourth-order valence-electron chi connectivity index (χ4n) is 10.0. The van der Waals surface area contributed by atoms with Crippen LogP contribution in [-0.4, -0.2) is 9.97 Å². The van der Waals surface area contributed by atoms with Crippen LogP contribution in [0, 0.1) is 0 Å². The van der Waals surface area contributed by atoms with Gasteiger partial charge in [0.05, 0.1) is 16.8 Å². The molecule has 2 aliphatic rings. The zero-order valence-corrected chi connectivity index (χ0v) is 33.3. The molecule has 0 saturated carbocycles. The van der Waals surface area contributed by atoms with Gasteiger partial charge in [-0.05, 0) is 90.0 Å². The van der Waals surface area contributed by atoms with Crippen LogP contribution < -0.4 is 0 Å². The summed E-state index contributed by atoms with van der Waals surface area (Å²) in [6.45, 7) is 0. The quantitative estimate of drug-likeness (QED) is 0.168. The lowest BCUT2D eigenvalue weighted by molar-refractivity contribution is 0.794. The van der Waals surface area contributed by atoms with E-state index in [2.05, 4.69) is 206 Å². The minimum atomic E-state index is -0.366. The van der Waals surface area contributed by atoms with E-state index in [0.717, 1.165) is 33.6 Å². The van der Waals surface area contributed by atoms with Gasteiger partial charge in [0.15, 0.2) is 5.82 Å². The summed E-state index contributed by atoms with van der Waals surface area (Å²) >= 11 is 0. The highest BCUT2D eigenvalue weighted by Crippen LogP contribution is 2.64. The van der Waals surface area contributed by atoms with Crippen LogP contribution >= 0.6 is 0 Å². The fraction of sp³-hybridized carbons (Fsp3) is 0.0169. The predicted octanol–water partition coefficient (Wildman–Crippen LogP) is 14.8. The summed E-state index contributed by atoms with van der Waals surface area (Å²) in [6.07, 6.45) is 0. The van der Waals surface area contributed by atoms with Crippen molar-refractivity contribution in [2.75, 3.05) is 0 Å². The number of hydrogen-bond acceptors (Lipinski definition) is 2. The second kappa shape index (κ2) is 14.1. The molecule has 2 aliphatic carbocycles. The lowest BCUT2D eigenvalue weighted by atomic mass is 9.70. The molecule has 0 unspecified atom stereocenters. The summed E-state index contributed by atoms with van der Waals surface area (Å²) in [5.74, 6) is 0.709. The SMILES string of the molecule is c1ccc(-c2ccc(-c3cc(-c4ccc(-c5cccc(-c6cccc7c6-c6ccccc6C76c7ccccc7-c7ccccc76)c5)cc4)nc(-c4ccccc4)n3)cc2)cc1. The summed E-state index contributed by atoms with van der Waals surface area (Å²) < 4.78 is 0. The van der Waals surface area contributed by atoms with E-state index in [-0.39, 0.29) is 5.41 Å². The van der Waals surface area contributed by atoms with Crippen LogP contribution in [0.3, 0.4) is 0 Å². The largest absolute Gasteiger partial charge is 0.228 e. The smallest absolute Gasteiger partial charge is 0.160 e. The van der Waals surface area contributed by atoms with Crippen LogP contribution in [0.2, 0.25) is 0 Å². The minimum absolute atomic E-state index is 0.366. The number of aromatic nitrogens is 2. The Hall–Kier alpha value is -7.94. The Kier molecular flexibility index (Phi) is 8.11. The average Bonchev–Trinajstić information content (AvgIpc) is 3.82. The topological polar surface area (TPSA) is 25.8 Å². The summed E-state index contributed by atoms with van der Waals surface area (Å²) in [6, 6.07) is 83.3. The molecule has 1 aromatic heterocycles. The van der Waals surface area contributed by atoms with Gasteiger partial charge in [0.2, 0.25) is 0 Å². The molecule has 0 atom stereocenters. The molecule has 0 bridgehead atoms. The Balaban J connectivity index is 0.926. The van der Waals surface area contributed by atoms with Crippen LogP contribution in [-0.2, 0) is 5.41 Å². The molecule has 10 aromatic rings. The normalized spacial score (nSPS) is 12.7. The van der Waals surface area contributed by atoms with Crippen molar-refractivity contribution in [3.8, 4) is 89.5 Å². The van der Waals surface area contributed by atoms with Crippen LogP contribution in [0.25, 0.3) is 89.5 Å². The fourth-order valence-corrected chi connectivity index (χ4v) is 10.0. The van der Waals surface area contributed by atoms with Crippen molar-refractivity contribution in [1.29, 1.82) is 0 Å². The van der Waals surface area contributed by atoms with Gasteiger partial charge in [0.1, 0.15) is 0 Å². The van der Waals surface area contributed by atoms with Gasteiger partial charge in [0, 0.05) is 16.7 Å². The summed E-state index contributed by atoms with van der Waals surface area (Å²) in [5, 5.41) is 0. The Morgan fingerprint density at radius 1 is 0.246 bits per heavy atom. The van der Waals surface area contributed by atoms with E-state index in [0.29, 0.717) is 5.82 Å². The Bertz CT molecular complexity index is 3230. The number of hydrogen-bond donors (Lipinski definition) is 0. The van der Waals surface area contributed by atoms with E-state index < -0.39 is 0 Å². The molecule has 12 rings (SSSR count). The van der Waals surface area contributed by atoms with Crippen molar-refractivity contribution < 1.29 is 0 Å². The first-order valence-electron chi connectivity index (χ1n) is 21.0. The van der Waals surface area contributed by atoms with Crippen molar-refractivity contribution in [3.63, 3.8) is 0 Å². The van der Waals surface area contributed by atoms with Gasteiger partial charge in [-0.3, -0.25) is 0 Å². The predicted molar refractivity (Wildman–Crippen MR) is 251 cm³/mol. The zero-order valence-electron chi connectivity index (χ0n) is 33.3. The first-order valence-corrected chi connectivity index (χ1v) is 21.0. The van der Waals surface area contributed by atoms with Crippen LogP contribution in [0.5, 0.6) is 0 Å². The van der Waals surface area contributed by atoms with Crippen LogP contribution in [0.1, 0.15) is 22.3 Å². The number of fused-ring (bicyclic) bond motifs is 10. The van der Waals surface area contributed by atoms with Crippen LogP contribution in [0.15, 0.2) is 231 Å². The number of benzene rings is 9. The van der Waals surface area contributed by atoms with Crippen molar-refractivity contribution in [3.05, 3.63) is 253 Å². The van der Waals surface area contributed by atoms with Gasteiger partial charge in [-0.1, -0.05) is 218 Å². The Labute approximate surface area is 356 Å². The van der Waals surface area contributed by atoms with Gasteiger partial charge >= 0.3 is 0 Å². The highest BCUT2D eigenvalue weighted by molar-refractivity contribution is 6.00. The molecule has 0 N–H and O–H groups in total. The van der Waals surface area contributed by atoms with Crippen molar-refractivity contribution in [2.24, 2.45) is 0 Å². The molecule has 0 fully saturated rings. The molecule has 2 nitrogen and oxygen atoms in total. The second-order valence-corrected chi connectivity index (χ2v) is 16.0. The molecule has 284 valence electrons. The Morgan fingerprint density at radius 3 is 1.25 bits per heavy atom. The van der Waals surface area contributed by atoms with Gasteiger partial charge in [-0.2, -0.15) is 0 Å². The highest BCUT2D eigenvalue weighted by atomic mass is 14.9. The van der Waals surface area contributed by atoms with E-state index >= 15 is 0 Å². The number of rotatable bonds is 6. The standard InChI is InChI=1S/C59H38N2/c1-3-15-39(16-4-1)40-29-33-42(34-30-40)55-38-56(61-58(60-55)44-17-5-2-6-18-44)43-35-31-41(32-36-43)45-19-13-20-46(37-45)47-24-14-28-54-57(47)50-23-9-12-27-53(50)59(54)51-25-10-7-21-48(51)49-22-8-11-26-52(49)59/h1-38H. The molecule has 2 heteroatoms. The third kappa shape index (κ3) is 5.57. The molecule has 9 aromatic carbocycles. The Morgan fingerprint density at radius 2 is 0.639 bits per heavy atom. The van der Waals surface area contributed by atoms with E-state index in [1.54, 1.807) is 0 Å². The number of nitrogens with zero attached hydrogens (tertiary/aromatic N) is 2. The molecule has 0 radical (unpaired) electrons.